The van der Waals surface area contributed by atoms with Crippen LogP contribution in [0.3, 0.4) is 0 Å². The summed E-state index contributed by atoms with van der Waals surface area (Å²) in [5.41, 5.74) is 1.58. The lowest BCUT2D eigenvalue weighted by Crippen LogP contribution is -2.24. The van der Waals surface area contributed by atoms with Crippen LogP contribution in [0.4, 0.5) is 15.8 Å². The van der Waals surface area contributed by atoms with E-state index >= 15 is 0 Å². The molecular formula is C29H21ClFN5O3. The number of ether oxygens (including phenoxy) is 1. The molecule has 0 aliphatic carbocycles. The molecule has 39 heavy (non-hydrogen) atoms. The number of benzene rings is 3. The molecule has 0 unspecified atom stereocenters. The largest absolute Gasteiger partial charge is 0.453 e. The highest BCUT2D eigenvalue weighted by atomic mass is 35.5. The minimum absolute atomic E-state index is 0.0576. The van der Waals surface area contributed by atoms with E-state index in [0.29, 0.717) is 34.3 Å². The topological polar surface area (TPSA) is 98.1 Å². The number of amides is 1. The van der Waals surface area contributed by atoms with Crippen molar-refractivity contribution in [3.63, 3.8) is 0 Å². The summed E-state index contributed by atoms with van der Waals surface area (Å²) in [6.07, 6.45) is 4.71. The molecule has 5 aromatic rings. The maximum absolute atomic E-state index is 13.6. The summed E-state index contributed by atoms with van der Waals surface area (Å²) in [6, 6.07) is 22.4. The fourth-order valence-electron chi connectivity index (χ4n) is 3.72. The summed E-state index contributed by atoms with van der Waals surface area (Å²) in [5.74, 6) is -0.206. The highest BCUT2D eigenvalue weighted by Gasteiger charge is 2.16. The van der Waals surface area contributed by atoms with Gasteiger partial charge in [0, 0.05) is 35.2 Å². The molecule has 0 aliphatic heterocycles. The number of aromatic nitrogens is 3. The summed E-state index contributed by atoms with van der Waals surface area (Å²) in [5, 5.41) is 10.6. The van der Waals surface area contributed by atoms with Gasteiger partial charge in [-0.2, -0.15) is 9.78 Å². The van der Waals surface area contributed by atoms with E-state index in [2.05, 4.69) is 20.7 Å². The van der Waals surface area contributed by atoms with Crippen molar-refractivity contribution in [2.45, 2.75) is 6.54 Å². The lowest BCUT2D eigenvalue weighted by molar-refractivity contribution is 0.0951. The van der Waals surface area contributed by atoms with E-state index in [-0.39, 0.29) is 17.3 Å². The Morgan fingerprint density at radius 3 is 2.56 bits per heavy atom. The SMILES string of the molecule is O=C(NCc1cccnc1)c1cccc(Nc2c(Oc3cccc(Cl)c3)cnn(-c3ccc(F)cc3)c2=O)c1. The van der Waals surface area contributed by atoms with E-state index in [4.69, 9.17) is 16.3 Å². The van der Waals surface area contributed by atoms with Crippen molar-refractivity contribution < 1.29 is 13.9 Å². The Bertz CT molecular complexity index is 1680. The van der Waals surface area contributed by atoms with Crippen molar-refractivity contribution >= 4 is 28.9 Å². The highest BCUT2D eigenvalue weighted by Crippen LogP contribution is 2.30. The van der Waals surface area contributed by atoms with Gasteiger partial charge in [0.05, 0.1) is 11.9 Å². The third kappa shape index (κ3) is 6.28. The predicted molar refractivity (Wildman–Crippen MR) is 146 cm³/mol. The van der Waals surface area contributed by atoms with Gasteiger partial charge < -0.3 is 15.4 Å². The van der Waals surface area contributed by atoms with E-state index < -0.39 is 11.4 Å². The number of carbonyl (C=O) groups is 1. The second kappa shape index (κ2) is 11.6. The lowest BCUT2D eigenvalue weighted by atomic mass is 10.1. The summed E-state index contributed by atoms with van der Waals surface area (Å²) >= 11 is 6.09. The minimum atomic E-state index is -0.549. The predicted octanol–water partition coefficient (Wildman–Crippen LogP) is 5.89. The van der Waals surface area contributed by atoms with Gasteiger partial charge in [0.25, 0.3) is 11.5 Å². The molecule has 0 saturated heterocycles. The van der Waals surface area contributed by atoms with Gasteiger partial charge in [-0.25, -0.2) is 4.39 Å². The zero-order chi connectivity index (χ0) is 27.2. The average Bonchev–Trinajstić information content (AvgIpc) is 2.95. The number of nitrogens with one attached hydrogen (secondary N) is 2. The Morgan fingerprint density at radius 1 is 0.974 bits per heavy atom. The molecular weight excluding hydrogens is 521 g/mol. The van der Waals surface area contributed by atoms with E-state index in [9.17, 15) is 14.0 Å². The third-order valence-electron chi connectivity index (χ3n) is 5.61. The van der Waals surface area contributed by atoms with Gasteiger partial charge in [0.1, 0.15) is 11.6 Å². The first kappa shape index (κ1) is 25.6. The Kier molecular flexibility index (Phi) is 7.60. The highest BCUT2D eigenvalue weighted by molar-refractivity contribution is 6.30. The third-order valence-corrected chi connectivity index (χ3v) is 5.84. The molecule has 194 valence electrons. The Balaban J connectivity index is 1.46. The van der Waals surface area contributed by atoms with Crippen LogP contribution in [0.25, 0.3) is 5.69 Å². The second-order valence-electron chi connectivity index (χ2n) is 8.39. The first-order valence-corrected chi connectivity index (χ1v) is 12.2. The van der Waals surface area contributed by atoms with Crippen LogP contribution >= 0.6 is 11.6 Å². The molecule has 0 saturated carbocycles. The number of anilines is 2. The molecule has 3 aromatic carbocycles. The lowest BCUT2D eigenvalue weighted by Gasteiger charge is -2.15. The normalized spacial score (nSPS) is 10.6. The van der Waals surface area contributed by atoms with Crippen LogP contribution in [0, 0.1) is 5.82 Å². The van der Waals surface area contributed by atoms with Crippen LogP contribution in [0.2, 0.25) is 5.02 Å². The first-order chi connectivity index (χ1) is 19.0. The fraction of sp³-hybridized carbons (Fsp3) is 0.0345. The van der Waals surface area contributed by atoms with Crippen LogP contribution in [-0.4, -0.2) is 20.7 Å². The van der Waals surface area contributed by atoms with Crippen molar-refractivity contribution in [2.75, 3.05) is 5.32 Å². The number of carbonyl (C=O) groups excluding carboxylic acids is 1. The molecule has 2 aromatic heterocycles. The van der Waals surface area contributed by atoms with Crippen LogP contribution in [0.5, 0.6) is 11.5 Å². The smallest absolute Gasteiger partial charge is 0.299 e. The van der Waals surface area contributed by atoms with Crippen LogP contribution < -0.4 is 20.9 Å². The van der Waals surface area contributed by atoms with Gasteiger partial charge in [-0.15, -0.1) is 0 Å². The quantitative estimate of drug-likeness (QED) is 0.254. The maximum Gasteiger partial charge on any atom is 0.299 e. The molecule has 8 nitrogen and oxygen atoms in total. The summed E-state index contributed by atoms with van der Waals surface area (Å²) in [4.78, 5) is 30.4. The standard InChI is InChI=1S/C29H21ClFN5O3/c30-21-6-2-8-25(15-21)39-26-18-34-36(24-11-9-22(31)10-12-24)29(38)27(26)35-23-7-1-5-20(14-23)28(37)33-17-19-4-3-13-32-16-19/h1-16,18,35H,17H2,(H,33,37). The first-order valence-electron chi connectivity index (χ1n) is 11.8. The molecule has 0 atom stereocenters. The molecule has 0 aliphatic rings. The number of hydrogen-bond donors (Lipinski definition) is 2. The second-order valence-corrected chi connectivity index (χ2v) is 8.82. The van der Waals surface area contributed by atoms with Gasteiger partial charge in [-0.05, 0) is 72.3 Å². The molecule has 0 bridgehead atoms. The molecule has 2 heterocycles. The van der Waals surface area contributed by atoms with Crippen molar-refractivity contribution in [3.05, 3.63) is 136 Å². The maximum atomic E-state index is 13.6. The van der Waals surface area contributed by atoms with Gasteiger partial charge in [-0.3, -0.25) is 14.6 Å². The van der Waals surface area contributed by atoms with Gasteiger partial charge in [0.2, 0.25) is 0 Å². The van der Waals surface area contributed by atoms with Crippen molar-refractivity contribution in [2.24, 2.45) is 0 Å². The Morgan fingerprint density at radius 2 is 1.79 bits per heavy atom. The van der Waals surface area contributed by atoms with Crippen molar-refractivity contribution in [1.82, 2.24) is 20.1 Å². The molecule has 2 N–H and O–H groups in total. The number of nitrogens with zero attached hydrogens (tertiary/aromatic N) is 3. The van der Waals surface area contributed by atoms with Gasteiger partial charge in [-0.1, -0.05) is 29.8 Å². The average molecular weight is 542 g/mol. The molecule has 0 spiro atoms. The minimum Gasteiger partial charge on any atom is -0.453 e. The summed E-state index contributed by atoms with van der Waals surface area (Å²) < 4.78 is 20.5. The van der Waals surface area contributed by atoms with Crippen LogP contribution in [0.1, 0.15) is 15.9 Å². The van der Waals surface area contributed by atoms with Crippen LogP contribution in [-0.2, 0) is 6.54 Å². The van der Waals surface area contributed by atoms with E-state index in [1.165, 1.54) is 30.5 Å². The molecule has 10 heteroatoms. The van der Waals surface area contributed by atoms with Gasteiger partial charge >= 0.3 is 0 Å². The zero-order valence-electron chi connectivity index (χ0n) is 20.3. The number of rotatable bonds is 8. The molecule has 1 amide bonds. The Hall–Kier alpha value is -5.02. The monoisotopic (exact) mass is 541 g/mol. The number of pyridine rings is 1. The number of hydrogen-bond acceptors (Lipinski definition) is 6. The molecule has 5 rings (SSSR count). The summed E-state index contributed by atoms with van der Waals surface area (Å²) in [6.45, 7) is 0.314. The van der Waals surface area contributed by atoms with E-state index in [0.717, 1.165) is 10.2 Å². The Labute approximate surface area is 227 Å². The fourth-order valence-corrected chi connectivity index (χ4v) is 3.90. The molecule has 0 fully saturated rings. The van der Waals surface area contributed by atoms with Crippen LogP contribution in [0.15, 0.2) is 108 Å². The van der Waals surface area contributed by atoms with E-state index in [1.807, 2.05) is 6.07 Å². The van der Waals surface area contributed by atoms with Crippen molar-refractivity contribution in [1.29, 1.82) is 0 Å². The summed E-state index contributed by atoms with van der Waals surface area (Å²) in [7, 11) is 0. The van der Waals surface area contributed by atoms with Crippen molar-refractivity contribution in [3.8, 4) is 17.2 Å². The van der Waals surface area contributed by atoms with Gasteiger partial charge in [0.15, 0.2) is 11.4 Å². The zero-order valence-corrected chi connectivity index (χ0v) is 21.1. The number of halogens is 2. The van der Waals surface area contributed by atoms with E-state index in [1.54, 1.807) is 67.0 Å². The molecule has 0 radical (unpaired) electrons.